The van der Waals surface area contributed by atoms with E-state index in [4.69, 9.17) is 5.11 Å². The van der Waals surface area contributed by atoms with E-state index in [1.54, 1.807) is 22.2 Å². The number of nitrogens with zero attached hydrogens (tertiary/aromatic N) is 2. The predicted octanol–water partition coefficient (Wildman–Crippen LogP) is 0.191. The van der Waals surface area contributed by atoms with E-state index in [1.165, 1.54) is 0 Å². The Morgan fingerprint density at radius 2 is 1.82 bits per heavy atom. The van der Waals surface area contributed by atoms with Gasteiger partial charge in [-0.3, -0.25) is 5.01 Å². The molecule has 1 aromatic carbocycles. The molecule has 0 atom stereocenters. The van der Waals surface area contributed by atoms with E-state index >= 15 is 0 Å². The summed E-state index contributed by atoms with van der Waals surface area (Å²) >= 11 is 0. The SMILES string of the molecule is O=C(O)C1=CC=CN2C=c3ccccc3=CN12. The van der Waals surface area contributed by atoms with Gasteiger partial charge in [-0.25, -0.2) is 9.80 Å². The standard InChI is InChI=1S/C13H10N2O2/c16-13(17)12-6-3-7-14-8-10-4-1-2-5-11(10)9-15(12)14/h1-9H,(H,16,17). The van der Waals surface area contributed by atoms with Crippen LogP contribution in [0.25, 0.3) is 12.4 Å². The zero-order valence-corrected chi connectivity index (χ0v) is 8.95. The molecule has 0 aliphatic carbocycles. The Kier molecular flexibility index (Phi) is 2.01. The van der Waals surface area contributed by atoms with Gasteiger partial charge in [0.2, 0.25) is 0 Å². The summed E-state index contributed by atoms with van der Waals surface area (Å²) in [5, 5.41) is 14.6. The molecule has 4 nitrogen and oxygen atoms in total. The maximum atomic E-state index is 11.1. The van der Waals surface area contributed by atoms with Crippen molar-refractivity contribution in [3.05, 3.63) is 58.8 Å². The number of fused-ring (bicyclic) bond motifs is 2. The maximum absolute atomic E-state index is 11.1. The lowest BCUT2D eigenvalue weighted by Crippen LogP contribution is -2.44. The lowest BCUT2D eigenvalue weighted by atomic mass is 10.2. The van der Waals surface area contributed by atoms with Gasteiger partial charge in [-0.15, -0.1) is 0 Å². The molecule has 2 aliphatic heterocycles. The van der Waals surface area contributed by atoms with Crippen LogP contribution in [-0.2, 0) is 4.79 Å². The molecule has 2 heterocycles. The summed E-state index contributed by atoms with van der Waals surface area (Å²) in [5.74, 6) is -0.941. The Morgan fingerprint density at radius 3 is 2.53 bits per heavy atom. The van der Waals surface area contributed by atoms with Crippen LogP contribution in [0.5, 0.6) is 0 Å². The van der Waals surface area contributed by atoms with Crippen LogP contribution in [-0.4, -0.2) is 21.1 Å². The minimum atomic E-state index is -0.941. The highest BCUT2D eigenvalue weighted by Gasteiger charge is 2.21. The van der Waals surface area contributed by atoms with Crippen LogP contribution in [0.4, 0.5) is 0 Å². The van der Waals surface area contributed by atoms with Crippen molar-refractivity contribution < 1.29 is 9.90 Å². The van der Waals surface area contributed by atoms with E-state index in [0.29, 0.717) is 0 Å². The van der Waals surface area contributed by atoms with Crippen molar-refractivity contribution in [3.8, 4) is 0 Å². The van der Waals surface area contributed by atoms with E-state index in [-0.39, 0.29) is 5.70 Å². The summed E-state index contributed by atoms with van der Waals surface area (Å²) in [6.07, 6.45) is 8.84. The second-order valence-electron chi connectivity index (χ2n) is 3.81. The van der Waals surface area contributed by atoms with Crippen molar-refractivity contribution in [2.75, 3.05) is 0 Å². The fraction of sp³-hybridized carbons (Fsp3) is 0. The van der Waals surface area contributed by atoms with Gasteiger partial charge in [-0.05, 0) is 12.2 Å². The molecule has 0 saturated carbocycles. The highest BCUT2D eigenvalue weighted by atomic mass is 16.4. The molecule has 0 spiro atoms. The van der Waals surface area contributed by atoms with Gasteiger partial charge in [-0.1, -0.05) is 24.3 Å². The smallest absolute Gasteiger partial charge is 0.354 e. The molecule has 0 saturated heterocycles. The van der Waals surface area contributed by atoms with Crippen molar-refractivity contribution in [2.24, 2.45) is 0 Å². The molecule has 84 valence electrons. The molecule has 0 fully saturated rings. The highest BCUT2D eigenvalue weighted by Crippen LogP contribution is 2.17. The predicted molar refractivity (Wildman–Crippen MR) is 63.2 cm³/mol. The number of hydrogen-bond acceptors (Lipinski definition) is 3. The number of carboxylic acids is 1. The lowest BCUT2D eigenvalue weighted by Gasteiger charge is -2.34. The molecule has 1 N–H and O–H groups in total. The van der Waals surface area contributed by atoms with Crippen LogP contribution in [0.2, 0.25) is 0 Å². The summed E-state index contributed by atoms with van der Waals surface area (Å²) in [5.41, 5.74) is 0.234. The maximum Gasteiger partial charge on any atom is 0.354 e. The Labute approximate surface area is 97.7 Å². The number of carbonyl (C=O) groups is 1. The fourth-order valence-electron chi connectivity index (χ4n) is 1.93. The second-order valence-corrected chi connectivity index (χ2v) is 3.81. The van der Waals surface area contributed by atoms with E-state index in [2.05, 4.69) is 0 Å². The van der Waals surface area contributed by atoms with Gasteiger partial charge in [0.15, 0.2) is 0 Å². The van der Waals surface area contributed by atoms with Crippen molar-refractivity contribution in [3.63, 3.8) is 0 Å². The Hall–Kier alpha value is -2.49. The number of benzene rings is 1. The third kappa shape index (κ3) is 1.50. The zero-order chi connectivity index (χ0) is 11.8. The average molecular weight is 226 g/mol. The van der Waals surface area contributed by atoms with Gasteiger partial charge in [0, 0.05) is 29.0 Å². The number of hydrazine groups is 1. The topological polar surface area (TPSA) is 43.8 Å². The zero-order valence-electron chi connectivity index (χ0n) is 8.95. The summed E-state index contributed by atoms with van der Waals surface area (Å²) < 4.78 is 0. The molecular formula is C13H10N2O2. The molecule has 2 aliphatic rings. The van der Waals surface area contributed by atoms with Gasteiger partial charge in [0.05, 0.1) is 0 Å². The molecule has 0 radical (unpaired) electrons. The minimum Gasteiger partial charge on any atom is -0.477 e. The average Bonchev–Trinajstić information content (AvgIpc) is 2.35. The monoisotopic (exact) mass is 226 g/mol. The fourth-order valence-corrected chi connectivity index (χ4v) is 1.93. The van der Waals surface area contributed by atoms with E-state index in [9.17, 15) is 4.79 Å². The first-order chi connectivity index (χ1) is 8.25. The molecule has 3 rings (SSSR count). The largest absolute Gasteiger partial charge is 0.477 e. The van der Waals surface area contributed by atoms with Crippen LogP contribution < -0.4 is 10.4 Å². The van der Waals surface area contributed by atoms with Crippen molar-refractivity contribution >= 4 is 18.4 Å². The molecule has 0 amide bonds. The number of carboxylic acid groups (broad SMARTS) is 1. The Morgan fingerprint density at radius 1 is 1.12 bits per heavy atom. The lowest BCUT2D eigenvalue weighted by molar-refractivity contribution is -0.135. The summed E-state index contributed by atoms with van der Waals surface area (Å²) in [6, 6.07) is 7.85. The summed E-state index contributed by atoms with van der Waals surface area (Å²) in [7, 11) is 0. The molecule has 1 aromatic rings. The van der Waals surface area contributed by atoms with Crippen molar-refractivity contribution in [1.29, 1.82) is 0 Å². The molecule has 0 bridgehead atoms. The quantitative estimate of drug-likeness (QED) is 0.742. The van der Waals surface area contributed by atoms with Crippen LogP contribution >= 0.6 is 0 Å². The van der Waals surface area contributed by atoms with Crippen molar-refractivity contribution in [1.82, 2.24) is 10.0 Å². The summed E-state index contributed by atoms with van der Waals surface area (Å²) in [6.45, 7) is 0. The minimum absolute atomic E-state index is 0.234. The van der Waals surface area contributed by atoms with Crippen LogP contribution in [0, 0.1) is 0 Å². The number of rotatable bonds is 1. The first-order valence-corrected chi connectivity index (χ1v) is 5.24. The van der Waals surface area contributed by atoms with Gasteiger partial charge in [0.25, 0.3) is 0 Å². The van der Waals surface area contributed by atoms with Gasteiger partial charge in [0.1, 0.15) is 5.70 Å². The van der Waals surface area contributed by atoms with E-state index in [1.807, 2.05) is 42.9 Å². The van der Waals surface area contributed by atoms with Gasteiger partial charge < -0.3 is 5.11 Å². The number of hydrogen-bond donors (Lipinski definition) is 1. The molecule has 0 aromatic heterocycles. The molecular weight excluding hydrogens is 216 g/mol. The number of aliphatic carboxylic acids is 1. The van der Waals surface area contributed by atoms with Crippen LogP contribution in [0.3, 0.4) is 0 Å². The van der Waals surface area contributed by atoms with Gasteiger partial charge >= 0.3 is 5.97 Å². The van der Waals surface area contributed by atoms with Crippen LogP contribution in [0.15, 0.2) is 48.3 Å². The van der Waals surface area contributed by atoms with Crippen molar-refractivity contribution in [2.45, 2.75) is 0 Å². The third-order valence-corrected chi connectivity index (χ3v) is 2.74. The first-order valence-electron chi connectivity index (χ1n) is 5.24. The highest BCUT2D eigenvalue weighted by molar-refractivity contribution is 5.87. The molecule has 17 heavy (non-hydrogen) atoms. The third-order valence-electron chi connectivity index (χ3n) is 2.74. The molecule has 0 unspecified atom stereocenters. The van der Waals surface area contributed by atoms with E-state index in [0.717, 1.165) is 10.4 Å². The Bertz CT molecular complexity index is 658. The van der Waals surface area contributed by atoms with Crippen LogP contribution in [0.1, 0.15) is 0 Å². The first kappa shape index (κ1) is 9.72. The van der Waals surface area contributed by atoms with E-state index < -0.39 is 5.97 Å². The normalized spacial score (nSPS) is 16.4. The Balaban J connectivity index is 2.19. The molecule has 4 heteroatoms. The number of allylic oxidation sites excluding steroid dienone is 2. The second kappa shape index (κ2) is 3.52. The van der Waals surface area contributed by atoms with Gasteiger partial charge in [-0.2, -0.15) is 0 Å². The summed E-state index contributed by atoms with van der Waals surface area (Å²) in [4.78, 5) is 11.1.